The van der Waals surface area contributed by atoms with E-state index in [-0.39, 0.29) is 10.6 Å². The number of hydrogen-bond acceptors (Lipinski definition) is 4. The minimum Gasteiger partial charge on any atom is -0.390 e. The highest BCUT2D eigenvalue weighted by Gasteiger charge is 2.28. The second kappa shape index (κ2) is 5.89. The number of benzene rings is 1. The lowest BCUT2D eigenvalue weighted by Gasteiger charge is -2.13. The van der Waals surface area contributed by atoms with Crippen LogP contribution < -0.4 is 5.32 Å². The summed E-state index contributed by atoms with van der Waals surface area (Å²) in [5, 5.41) is 20.6. The molecule has 1 aromatic rings. The lowest BCUT2D eigenvalue weighted by Crippen LogP contribution is -2.38. The number of amides is 1. The molecule has 104 valence electrons. The number of hydrogen-bond donors (Lipinski definition) is 2. The molecule has 0 bridgehead atoms. The third kappa shape index (κ3) is 4.11. The standard InChI is InChI=1S/C10H9ClF2N2O4/c11-7-2-1-6(3-8(7)15(18)19)9(17)14-4-10(12,13)5-16/h1-3,16H,4-5H2,(H,14,17). The molecule has 19 heavy (non-hydrogen) atoms. The lowest BCUT2D eigenvalue weighted by molar-refractivity contribution is -0.384. The topological polar surface area (TPSA) is 92.5 Å². The molecule has 9 heteroatoms. The molecule has 0 radical (unpaired) electrons. The first-order valence-corrected chi connectivity index (χ1v) is 5.35. The minimum atomic E-state index is -3.45. The quantitative estimate of drug-likeness (QED) is 0.637. The second-order valence-corrected chi connectivity index (χ2v) is 4.03. The van der Waals surface area contributed by atoms with E-state index in [2.05, 4.69) is 0 Å². The first kappa shape index (κ1) is 15.3. The van der Waals surface area contributed by atoms with Crippen LogP contribution in [0.1, 0.15) is 10.4 Å². The van der Waals surface area contributed by atoms with E-state index in [4.69, 9.17) is 16.7 Å². The molecule has 0 atom stereocenters. The van der Waals surface area contributed by atoms with Gasteiger partial charge >= 0.3 is 0 Å². The van der Waals surface area contributed by atoms with Crippen molar-refractivity contribution in [3.05, 3.63) is 38.9 Å². The van der Waals surface area contributed by atoms with Gasteiger partial charge in [0.05, 0.1) is 11.5 Å². The summed E-state index contributed by atoms with van der Waals surface area (Å²) >= 11 is 5.54. The Morgan fingerprint density at radius 3 is 2.68 bits per heavy atom. The molecule has 1 aromatic carbocycles. The first-order valence-electron chi connectivity index (χ1n) is 4.97. The molecule has 0 aliphatic rings. The molecule has 6 nitrogen and oxygen atoms in total. The van der Waals surface area contributed by atoms with Crippen LogP contribution in [0.2, 0.25) is 5.02 Å². The number of aliphatic hydroxyl groups excluding tert-OH is 1. The SMILES string of the molecule is O=C(NCC(F)(F)CO)c1ccc(Cl)c([N+](=O)[O-])c1. The van der Waals surface area contributed by atoms with Crippen molar-refractivity contribution in [1.82, 2.24) is 5.32 Å². The molecule has 1 rings (SSSR count). The van der Waals surface area contributed by atoms with Gasteiger partial charge in [-0.2, -0.15) is 0 Å². The van der Waals surface area contributed by atoms with Crippen molar-refractivity contribution in [2.75, 3.05) is 13.2 Å². The molecule has 2 N–H and O–H groups in total. The fourth-order valence-corrected chi connectivity index (χ4v) is 1.35. The van der Waals surface area contributed by atoms with Crippen LogP contribution in [0.5, 0.6) is 0 Å². The van der Waals surface area contributed by atoms with Gasteiger partial charge in [0.25, 0.3) is 17.5 Å². The van der Waals surface area contributed by atoms with E-state index in [1.165, 1.54) is 6.07 Å². The molecule has 0 fully saturated rings. The zero-order valence-electron chi connectivity index (χ0n) is 9.40. The van der Waals surface area contributed by atoms with E-state index >= 15 is 0 Å². The molecule has 0 aliphatic carbocycles. The Bertz CT molecular complexity index is 510. The van der Waals surface area contributed by atoms with Gasteiger partial charge in [0.2, 0.25) is 0 Å². The van der Waals surface area contributed by atoms with Crippen LogP contribution in [-0.4, -0.2) is 35.0 Å². The van der Waals surface area contributed by atoms with Crippen molar-refractivity contribution in [2.24, 2.45) is 0 Å². The summed E-state index contributed by atoms with van der Waals surface area (Å²) < 4.78 is 25.4. The summed E-state index contributed by atoms with van der Waals surface area (Å²) in [5.74, 6) is -4.37. The molecule has 0 saturated carbocycles. The lowest BCUT2D eigenvalue weighted by atomic mass is 10.2. The predicted molar refractivity (Wildman–Crippen MR) is 62.5 cm³/mol. The highest BCUT2D eigenvalue weighted by Crippen LogP contribution is 2.25. The number of nitrogens with one attached hydrogen (secondary N) is 1. The molecular formula is C10H9ClF2N2O4. The third-order valence-electron chi connectivity index (χ3n) is 2.14. The fourth-order valence-electron chi connectivity index (χ4n) is 1.16. The van der Waals surface area contributed by atoms with Crippen molar-refractivity contribution in [1.29, 1.82) is 0 Å². The average molecular weight is 295 g/mol. The molecule has 0 spiro atoms. The van der Waals surface area contributed by atoms with Gasteiger partial charge in [-0.05, 0) is 12.1 Å². The van der Waals surface area contributed by atoms with Gasteiger partial charge in [0.1, 0.15) is 11.6 Å². The normalized spacial score (nSPS) is 11.2. The monoisotopic (exact) mass is 294 g/mol. The van der Waals surface area contributed by atoms with E-state index in [0.717, 1.165) is 12.1 Å². The fraction of sp³-hybridized carbons (Fsp3) is 0.300. The molecule has 0 heterocycles. The summed E-state index contributed by atoms with van der Waals surface area (Å²) in [6.07, 6.45) is 0. The predicted octanol–water partition coefficient (Wildman–Crippen LogP) is 1.61. The minimum absolute atomic E-state index is 0.165. The Hall–Kier alpha value is -1.80. The summed E-state index contributed by atoms with van der Waals surface area (Å²) in [5.41, 5.74) is -0.673. The highest BCUT2D eigenvalue weighted by molar-refractivity contribution is 6.32. The summed E-state index contributed by atoms with van der Waals surface area (Å²) in [6.45, 7) is -2.48. The van der Waals surface area contributed by atoms with E-state index in [9.17, 15) is 23.7 Å². The number of nitro benzene ring substituents is 1. The van der Waals surface area contributed by atoms with Gasteiger partial charge in [-0.25, -0.2) is 8.78 Å². The van der Waals surface area contributed by atoms with Crippen LogP contribution in [0.15, 0.2) is 18.2 Å². The Kier molecular flexibility index (Phi) is 4.73. The van der Waals surface area contributed by atoms with Crippen LogP contribution in [0.3, 0.4) is 0 Å². The number of halogens is 3. The van der Waals surface area contributed by atoms with Crippen molar-refractivity contribution in [2.45, 2.75) is 5.92 Å². The first-order chi connectivity index (χ1) is 8.76. The summed E-state index contributed by atoms with van der Waals surface area (Å²) in [4.78, 5) is 21.3. The van der Waals surface area contributed by atoms with Crippen LogP contribution in [-0.2, 0) is 0 Å². The van der Waals surface area contributed by atoms with E-state index < -0.39 is 35.6 Å². The number of nitrogens with zero attached hydrogens (tertiary/aromatic N) is 1. The second-order valence-electron chi connectivity index (χ2n) is 3.62. The Morgan fingerprint density at radius 2 is 2.16 bits per heavy atom. The van der Waals surface area contributed by atoms with Gasteiger partial charge < -0.3 is 10.4 Å². The van der Waals surface area contributed by atoms with E-state index in [1.807, 2.05) is 5.32 Å². The zero-order valence-corrected chi connectivity index (χ0v) is 10.2. The van der Waals surface area contributed by atoms with Crippen molar-refractivity contribution in [3.8, 4) is 0 Å². The number of carbonyl (C=O) groups excluding carboxylic acids is 1. The van der Waals surface area contributed by atoms with Gasteiger partial charge in [0.15, 0.2) is 0 Å². The third-order valence-corrected chi connectivity index (χ3v) is 2.46. The zero-order chi connectivity index (χ0) is 14.6. The largest absolute Gasteiger partial charge is 0.390 e. The van der Waals surface area contributed by atoms with Crippen LogP contribution in [0, 0.1) is 10.1 Å². The molecule has 0 saturated heterocycles. The maximum Gasteiger partial charge on any atom is 0.288 e. The number of aliphatic hydroxyl groups is 1. The van der Waals surface area contributed by atoms with E-state index in [1.54, 1.807) is 0 Å². The Balaban J connectivity index is 2.84. The summed E-state index contributed by atoms with van der Waals surface area (Å²) in [6, 6.07) is 3.18. The number of rotatable bonds is 5. The molecule has 0 unspecified atom stereocenters. The van der Waals surface area contributed by atoms with Crippen molar-refractivity contribution in [3.63, 3.8) is 0 Å². The van der Waals surface area contributed by atoms with Crippen molar-refractivity contribution < 1.29 is 23.6 Å². The number of carbonyl (C=O) groups is 1. The van der Waals surface area contributed by atoms with E-state index in [0.29, 0.717) is 0 Å². The van der Waals surface area contributed by atoms with Crippen molar-refractivity contribution >= 4 is 23.2 Å². The highest BCUT2D eigenvalue weighted by atomic mass is 35.5. The average Bonchev–Trinajstić information content (AvgIpc) is 2.36. The molecular weight excluding hydrogens is 286 g/mol. The Labute approximate surface area is 111 Å². The molecule has 0 aromatic heterocycles. The van der Waals surface area contributed by atoms with Gasteiger partial charge in [0, 0.05) is 11.6 Å². The smallest absolute Gasteiger partial charge is 0.288 e. The summed E-state index contributed by atoms with van der Waals surface area (Å²) in [7, 11) is 0. The van der Waals surface area contributed by atoms with Gasteiger partial charge in [-0.15, -0.1) is 0 Å². The Morgan fingerprint density at radius 1 is 1.53 bits per heavy atom. The maximum atomic E-state index is 12.7. The van der Waals surface area contributed by atoms with Gasteiger partial charge in [-0.1, -0.05) is 11.6 Å². The molecule has 0 aliphatic heterocycles. The van der Waals surface area contributed by atoms with Crippen LogP contribution in [0.4, 0.5) is 14.5 Å². The van der Waals surface area contributed by atoms with Crippen LogP contribution >= 0.6 is 11.6 Å². The van der Waals surface area contributed by atoms with Gasteiger partial charge in [-0.3, -0.25) is 14.9 Å². The number of alkyl halides is 2. The number of nitro groups is 1. The maximum absolute atomic E-state index is 12.7. The van der Waals surface area contributed by atoms with Crippen LogP contribution in [0.25, 0.3) is 0 Å². The molecule has 1 amide bonds.